The minimum Gasteiger partial charge on any atom is -0.463 e. The number of nitrogens with zero attached hydrogens (tertiary/aromatic N) is 1. The summed E-state index contributed by atoms with van der Waals surface area (Å²) < 4.78 is 18.6. The van der Waals surface area contributed by atoms with Gasteiger partial charge in [-0.1, -0.05) is 12.1 Å². The van der Waals surface area contributed by atoms with Gasteiger partial charge in [-0.2, -0.15) is 0 Å². The second-order valence-corrected chi connectivity index (χ2v) is 5.10. The number of esters is 1. The van der Waals surface area contributed by atoms with Gasteiger partial charge in [-0.15, -0.1) is 0 Å². The molecule has 2 rings (SSSR count). The monoisotopic (exact) mass is 308 g/mol. The summed E-state index contributed by atoms with van der Waals surface area (Å²) in [6, 6.07) is 5.59. The van der Waals surface area contributed by atoms with Crippen LogP contribution in [0.25, 0.3) is 0 Å². The Kier molecular flexibility index (Phi) is 4.57. The van der Waals surface area contributed by atoms with Crippen LogP contribution in [0.1, 0.15) is 25.5 Å². The van der Waals surface area contributed by atoms with E-state index in [9.17, 15) is 9.18 Å². The first-order valence-electron chi connectivity index (χ1n) is 6.63. The molecular formula is C15H17FN2O2S. The summed E-state index contributed by atoms with van der Waals surface area (Å²) in [6.07, 6.45) is 0. The van der Waals surface area contributed by atoms with E-state index in [0.29, 0.717) is 21.9 Å². The van der Waals surface area contributed by atoms with E-state index in [1.165, 1.54) is 12.1 Å². The first-order chi connectivity index (χ1) is 9.95. The predicted octanol–water partition coefficient (Wildman–Crippen LogP) is 2.52. The summed E-state index contributed by atoms with van der Waals surface area (Å²) in [5.41, 5.74) is 1.78. The summed E-state index contributed by atoms with van der Waals surface area (Å²) in [7, 11) is 1.77. The molecule has 1 aromatic carbocycles. The summed E-state index contributed by atoms with van der Waals surface area (Å²) in [5, 5.41) is 3.54. The zero-order valence-corrected chi connectivity index (χ0v) is 13.0. The van der Waals surface area contributed by atoms with Crippen LogP contribution in [0.15, 0.2) is 35.5 Å². The lowest BCUT2D eigenvalue weighted by molar-refractivity contribution is -0.139. The van der Waals surface area contributed by atoms with E-state index in [1.54, 1.807) is 37.9 Å². The molecule has 1 unspecified atom stereocenters. The average Bonchev–Trinajstić information content (AvgIpc) is 2.44. The van der Waals surface area contributed by atoms with Crippen LogP contribution in [0, 0.1) is 5.82 Å². The van der Waals surface area contributed by atoms with Crippen molar-refractivity contribution in [3.63, 3.8) is 0 Å². The number of thiocarbonyl (C=S) groups is 1. The van der Waals surface area contributed by atoms with Crippen molar-refractivity contribution in [3.8, 4) is 0 Å². The van der Waals surface area contributed by atoms with Crippen LogP contribution in [-0.2, 0) is 9.53 Å². The molecule has 1 aliphatic heterocycles. The fraction of sp³-hybridized carbons (Fsp3) is 0.333. The van der Waals surface area contributed by atoms with Crippen molar-refractivity contribution in [2.75, 3.05) is 13.7 Å². The van der Waals surface area contributed by atoms with Gasteiger partial charge in [0, 0.05) is 12.7 Å². The Bertz CT molecular complexity index is 615. The molecule has 0 spiro atoms. The molecule has 0 saturated carbocycles. The van der Waals surface area contributed by atoms with E-state index in [2.05, 4.69) is 5.32 Å². The third kappa shape index (κ3) is 3.05. The molecule has 112 valence electrons. The average molecular weight is 308 g/mol. The van der Waals surface area contributed by atoms with Gasteiger partial charge in [0.1, 0.15) is 5.82 Å². The maximum Gasteiger partial charge on any atom is 0.338 e. The van der Waals surface area contributed by atoms with Gasteiger partial charge in [-0.05, 0) is 43.8 Å². The fourth-order valence-corrected chi connectivity index (χ4v) is 2.50. The molecule has 0 saturated heterocycles. The molecule has 0 aromatic heterocycles. The smallest absolute Gasteiger partial charge is 0.338 e. The number of allylic oxidation sites excluding steroid dienone is 1. The standard InChI is InChI=1S/C15H17FN2O2S/c1-4-20-14(19)12-9(2)18(3)15(21)17-13(12)10-6-5-7-11(16)8-10/h5-8,13H,4H2,1-3H3,(H,17,21). The zero-order chi connectivity index (χ0) is 15.6. The van der Waals surface area contributed by atoms with Crippen molar-refractivity contribution in [1.82, 2.24) is 10.2 Å². The Morgan fingerprint density at radius 1 is 1.52 bits per heavy atom. The minimum atomic E-state index is -0.511. The van der Waals surface area contributed by atoms with E-state index in [0.717, 1.165) is 0 Å². The molecular weight excluding hydrogens is 291 g/mol. The van der Waals surface area contributed by atoms with E-state index in [4.69, 9.17) is 17.0 Å². The van der Waals surface area contributed by atoms with Gasteiger partial charge in [-0.3, -0.25) is 0 Å². The van der Waals surface area contributed by atoms with Gasteiger partial charge in [0.15, 0.2) is 5.11 Å². The second-order valence-electron chi connectivity index (χ2n) is 4.72. The number of hydrogen-bond donors (Lipinski definition) is 1. The number of nitrogens with one attached hydrogen (secondary N) is 1. The lowest BCUT2D eigenvalue weighted by Gasteiger charge is -2.35. The van der Waals surface area contributed by atoms with Crippen molar-refractivity contribution in [3.05, 3.63) is 46.9 Å². The number of rotatable bonds is 3. The fourth-order valence-electron chi connectivity index (χ4n) is 2.24. The van der Waals surface area contributed by atoms with Gasteiger partial charge in [0.2, 0.25) is 0 Å². The Balaban J connectivity index is 2.51. The van der Waals surface area contributed by atoms with Crippen molar-refractivity contribution in [1.29, 1.82) is 0 Å². The van der Waals surface area contributed by atoms with Crippen LogP contribution >= 0.6 is 12.2 Å². The summed E-state index contributed by atoms with van der Waals surface area (Å²) in [6.45, 7) is 3.82. The summed E-state index contributed by atoms with van der Waals surface area (Å²) in [5.74, 6) is -0.786. The Hall–Kier alpha value is -1.95. The van der Waals surface area contributed by atoms with Crippen molar-refractivity contribution in [2.24, 2.45) is 0 Å². The van der Waals surface area contributed by atoms with Gasteiger partial charge in [0.25, 0.3) is 0 Å². The molecule has 0 radical (unpaired) electrons. The minimum absolute atomic E-state index is 0.277. The second kappa shape index (κ2) is 6.22. The Morgan fingerprint density at radius 3 is 2.86 bits per heavy atom. The molecule has 1 atom stereocenters. The summed E-state index contributed by atoms with van der Waals surface area (Å²) >= 11 is 5.25. The normalized spacial score (nSPS) is 18.6. The predicted molar refractivity (Wildman–Crippen MR) is 82.0 cm³/mol. The third-order valence-corrected chi connectivity index (χ3v) is 3.82. The van der Waals surface area contributed by atoms with Crippen LogP contribution in [0.5, 0.6) is 0 Å². The molecule has 1 aliphatic rings. The highest BCUT2D eigenvalue weighted by Crippen LogP contribution is 2.30. The maximum atomic E-state index is 13.5. The number of hydrogen-bond acceptors (Lipinski definition) is 3. The molecule has 0 bridgehead atoms. The number of ether oxygens (including phenoxy) is 1. The van der Waals surface area contributed by atoms with Crippen LogP contribution in [-0.4, -0.2) is 29.6 Å². The third-order valence-electron chi connectivity index (χ3n) is 3.43. The lowest BCUT2D eigenvalue weighted by atomic mass is 9.95. The molecule has 0 amide bonds. The Labute approximate surface area is 128 Å². The van der Waals surface area contributed by atoms with Crippen LogP contribution in [0.4, 0.5) is 4.39 Å². The van der Waals surface area contributed by atoms with E-state index in [1.807, 2.05) is 0 Å². The number of carbonyl (C=O) groups is 1. The van der Waals surface area contributed by atoms with Crippen LogP contribution in [0.2, 0.25) is 0 Å². The zero-order valence-electron chi connectivity index (χ0n) is 12.1. The molecule has 1 aromatic rings. The lowest BCUT2D eigenvalue weighted by Crippen LogP contribution is -2.46. The van der Waals surface area contributed by atoms with E-state index in [-0.39, 0.29) is 12.4 Å². The first kappa shape index (κ1) is 15.4. The molecule has 4 nitrogen and oxygen atoms in total. The van der Waals surface area contributed by atoms with Gasteiger partial charge >= 0.3 is 5.97 Å². The SMILES string of the molecule is CCOC(=O)C1=C(C)N(C)C(=S)NC1c1cccc(F)c1. The quantitative estimate of drug-likeness (QED) is 0.686. The molecule has 6 heteroatoms. The van der Waals surface area contributed by atoms with Crippen LogP contribution in [0.3, 0.4) is 0 Å². The Morgan fingerprint density at radius 2 is 2.24 bits per heavy atom. The first-order valence-corrected chi connectivity index (χ1v) is 7.04. The van der Waals surface area contributed by atoms with Crippen LogP contribution < -0.4 is 5.32 Å². The molecule has 0 fully saturated rings. The van der Waals surface area contributed by atoms with E-state index >= 15 is 0 Å². The van der Waals surface area contributed by atoms with E-state index < -0.39 is 12.0 Å². The molecule has 21 heavy (non-hydrogen) atoms. The van der Waals surface area contributed by atoms with Crippen molar-refractivity contribution < 1.29 is 13.9 Å². The largest absolute Gasteiger partial charge is 0.463 e. The van der Waals surface area contributed by atoms with Gasteiger partial charge < -0.3 is 15.0 Å². The highest BCUT2D eigenvalue weighted by atomic mass is 32.1. The molecule has 0 aliphatic carbocycles. The summed E-state index contributed by atoms with van der Waals surface area (Å²) in [4.78, 5) is 14.0. The number of benzene rings is 1. The molecule has 1 N–H and O–H groups in total. The topological polar surface area (TPSA) is 41.6 Å². The maximum absolute atomic E-state index is 13.5. The highest BCUT2D eigenvalue weighted by molar-refractivity contribution is 7.80. The van der Waals surface area contributed by atoms with Crippen molar-refractivity contribution >= 4 is 23.3 Å². The van der Waals surface area contributed by atoms with Gasteiger partial charge in [-0.25, -0.2) is 9.18 Å². The van der Waals surface area contributed by atoms with Gasteiger partial charge in [0.05, 0.1) is 18.2 Å². The highest BCUT2D eigenvalue weighted by Gasteiger charge is 2.33. The number of carbonyl (C=O) groups excluding carboxylic acids is 1. The number of halogens is 1. The van der Waals surface area contributed by atoms with Crippen molar-refractivity contribution in [2.45, 2.75) is 19.9 Å². The molecule has 1 heterocycles.